The summed E-state index contributed by atoms with van der Waals surface area (Å²) in [5.74, 6) is 4.76. The number of nitrogens with one attached hydrogen (secondary N) is 8. The van der Waals surface area contributed by atoms with Crippen molar-refractivity contribution in [3.63, 3.8) is 0 Å². The lowest BCUT2D eigenvalue weighted by Gasteiger charge is -2.27. The number of likely N-dealkylation sites (N-methyl/N-ethyl adjacent to an activating group) is 1. The second kappa shape index (κ2) is 50.6. The van der Waals surface area contributed by atoms with Crippen molar-refractivity contribution >= 4 is 36.8 Å². The molecule has 0 saturated carbocycles. The molecule has 0 heterocycles. The molecule has 0 fully saturated rings. The van der Waals surface area contributed by atoms with Gasteiger partial charge in [-0.05, 0) is 105 Å². The summed E-state index contributed by atoms with van der Waals surface area (Å²) in [5.41, 5.74) is 12.2. The Balaban J connectivity index is -0.00000137. The fourth-order valence-electron chi connectivity index (χ4n) is 5.60. The van der Waals surface area contributed by atoms with Gasteiger partial charge in [-0.2, -0.15) is 0 Å². The number of allylic oxidation sites excluding steroid dienone is 1. The molecule has 0 aliphatic heterocycles. The zero-order valence-corrected chi connectivity index (χ0v) is 42.1. The summed E-state index contributed by atoms with van der Waals surface area (Å²) < 4.78 is 27.3. The lowest BCUT2D eigenvalue weighted by Crippen LogP contribution is -2.53. The van der Waals surface area contributed by atoms with Crippen LogP contribution in [0.4, 0.5) is 4.39 Å². The molecule has 0 aliphatic rings. The van der Waals surface area contributed by atoms with E-state index >= 15 is 0 Å². The Hall–Kier alpha value is -5.29. The number of unbranched alkanes of at least 4 members (excludes halogenated alkanes) is 3. The van der Waals surface area contributed by atoms with Crippen LogP contribution < -0.4 is 54.5 Å². The summed E-state index contributed by atoms with van der Waals surface area (Å²) in [7, 11) is 5.59. The molecule has 5 unspecified atom stereocenters. The SMILES string of the molecule is C=CC(C)F.C=CCC(NC(=O)CNC(=O)C(CCCNC)NC=O)C(=O)NC(Cc1ccccc1)/C(N)=C/N(N)C(C)CCCNC.CNCCOCCOCCOCCCCCC=O.N=CN. The smallest absolute Gasteiger partial charge is 0.243 e. The number of nitrogens with two attached hydrogens (primary N) is 3. The second-order valence-corrected chi connectivity index (χ2v) is 15.4. The van der Waals surface area contributed by atoms with E-state index in [1.807, 2.05) is 51.4 Å². The summed E-state index contributed by atoms with van der Waals surface area (Å²) in [6.45, 7) is 16.3. The van der Waals surface area contributed by atoms with Crippen molar-refractivity contribution in [2.24, 2.45) is 17.3 Å². The Morgan fingerprint density at radius 3 is 1.88 bits per heavy atom. The number of carbonyl (C=O) groups excluding carboxylic acids is 5. The highest BCUT2D eigenvalue weighted by molar-refractivity contribution is 5.91. The predicted molar refractivity (Wildman–Crippen MR) is 274 cm³/mol. The molecule has 0 saturated heterocycles. The molecule has 1 aromatic carbocycles. The van der Waals surface area contributed by atoms with Crippen molar-refractivity contribution in [1.82, 2.24) is 42.2 Å². The van der Waals surface area contributed by atoms with E-state index in [1.54, 1.807) is 18.3 Å². The van der Waals surface area contributed by atoms with Gasteiger partial charge in [0.05, 0.1) is 52.0 Å². The second-order valence-electron chi connectivity index (χ2n) is 15.4. The quantitative estimate of drug-likeness (QED) is 0.00847. The standard InChI is InChI=1S/C30H51N9O4.C13H27NO4.C4H7F.CH4N2/c1-5-11-26(37-28(41)19-35-29(42)25(36-21-40)15-10-17-34-4)30(43)38-27(18-23-13-7-6-8-14-23)24(31)20-39(32)22(2)12-9-16-33-3;1-14-6-9-17-11-13-18-12-10-16-8-5-3-2-4-7-15;1-3-4(2)5;2-1-3/h5-8,13-14,20-22,25-27,33-34H,1,9-12,15-19,31-32H2,2-4H3,(H,35,42)(H,36,40)(H,37,41)(H,38,43);7,14H,2-6,8-13H2,1H3;3-4H,1H2,2H3;1H,(H3,2,3)/b24-20-;;;. The third-order valence-corrected chi connectivity index (χ3v) is 9.52. The van der Waals surface area contributed by atoms with Crippen LogP contribution in [0.15, 0.2) is 67.5 Å². The van der Waals surface area contributed by atoms with Gasteiger partial charge in [0.2, 0.25) is 24.1 Å². The summed E-state index contributed by atoms with van der Waals surface area (Å²) in [4.78, 5) is 59.6. The average molecular weight is 981 g/mol. The van der Waals surface area contributed by atoms with E-state index in [0.29, 0.717) is 70.8 Å². The van der Waals surface area contributed by atoms with Crippen LogP contribution in [0, 0.1) is 5.41 Å². The average Bonchev–Trinajstić information content (AvgIpc) is 3.33. The number of ether oxygens (including phenoxy) is 3. The maximum Gasteiger partial charge on any atom is 0.243 e. The molecule has 21 heteroatoms. The van der Waals surface area contributed by atoms with Crippen LogP contribution in [0.2, 0.25) is 0 Å². The third kappa shape index (κ3) is 43.7. The predicted octanol–water partition coefficient (Wildman–Crippen LogP) is 1.47. The minimum Gasteiger partial charge on any atom is -0.399 e. The minimum absolute atomic E-state index is 0.0210. The van der Waals surface area contributed by atoms with Crippen LogP contribution in [0.25, 0.3) is 0 Å². The molecule has 14 N–H and O–H groups in total. The molecule has 0 spiro atoms. The first-order valence-electron chi connectivity index (χ1n) is 23.6. The summed E-state index contributed by atoms with van der Waals surface area (Å²) in [6.07, 6.45) is 12.8. The van der Waals surface area contributed by atoms with Gasteiger partial charge in [0.15, 0.2) is 0 Å². The highest BCUT2D eigenvalue weighted by Gasteiger charge is 2.25. The number of hydrogen-bond donors (Lipinski definition) is 11. The number of hydrazine groups is 1. The van der Waals surface area contributed by atoms with E-state index < -0.39 is 42.0 Å². The Kier molecular flexibility index (Phi) is 49.8. The summed E-state index contributed by atoms with van der Waals surface area (Å²) >= 11 is 0. The number of rotatable bonds is 39. The van der Waals surface area contributed by atoms with E-state index in [4.69, 9.17) is 31.2 Å². The lowest BCUT2D eigenvalue weighted by molar-refractivity contribution is -0.130. The van der Waals surface area contributed by atoms with E-state index in [-0.39, 0.29) is 19.0 Å². The maximum absolute atomic E-state index is 13.4. The van der Waals surface area contributed by atoms with Gasteiger partial charge in [-0.1, -0.05) is 48.9 Å². The number of amides is 4. The highest BCUT2D eigenvalue weighted by Crippen LogP contribution is 2.11. The Bertz CT molecular complexity index is 1480. The zero-order valence-electron chi connectivity index (χ0n) is 42.1. The van der Waals surface area contributed by atoms with Gasteiger partial charge in [0, 0.05) is 37.5 Å². The van der Waals surface area contributed by atoms with Crippen molar-refractivity contribution in [2.45, 2.75) is 108 Å². The molecule has 1 rings (SSSR count). The lowest BCUT2D eigenvalue weighted by atomic mass is 10.0. The number of nitrogens with zero attached hydrogens (tertiary/aromatic N) is 1. The van der Waals surface area contributed by atoms with Gasteiger partial charge in [0.1, 0.15) is 24.5 Å². The maximum atomic E-state index is 13.4. The molecule has 20 nitrogen and oxygen atoms in total. The Morgan fingerprint density at radius 1 is 0.783 bits per heavy atom. The highest BCUT2D eigenvalue weighted by atomic mass is 19.1. The first kappa shape index (κ1) is 68.0. The van der Waals surface area contributed by atoms with Crippen molar-refractivity contribution in [2.75, 3.05) is 87.0 Å². The van der Waals surface area contributed by atoms with Crippen molar-refractivity contribution < 1.29 is 42.6 Å². The van der Waals surface area contributed by atoms with Crippen LogP contribution in [-0.2, 0) is 44.6 Å². The zero-order chi connectivity index (χ0) is 52.3. The molecule has 5 atom stereocenters. The molecule has 396 valence electrons. The molecule has 0 radical (unpaired) electrons. The first-order valence-corrected chi connectivity index (χ1v) is 23.6. The van der Waals surface area contributed by atoms with Gasteiger partial charge in [-0.25, -0.2) is 10.2 Å². The Morgan fingerprint density at radius 2 is 1.35 bits per heavy atom. The van der Waals surface area contributed by atoms with Gasteiger partial charge < -0.3 is 72.7 Å². The molecule has 0 aromatic heterocycles. The summed E-state index contributed by atoms with van der Waals surface area (Å²) in [5, 5.41) is 27.1. The van der Waals surface area contributed by atoms with Crippen LogP contribution in [-0.4, -0.2) is 159 Å². The van der Waals surface area contributed by atoms with Crippen LogP contribution in [0.1, 0.15) is 77.2 Å². The molecular formula is C48H89FN12O8. The Labute approximate surface area is 411 Å². The number of carbonyl (C=O) groups is 5. The number of aldehydes is 1. The van der Waals surface area contributed by atoms with Crippen molar-refractivity contribution in [1.29, 1.82) is 5.41 Å². The third-order valence-electron chi connectivity index (χ3n) is 9.52. The van der Waals surface area contributed by atoms with E-state index in [0.717, 1.165) is 76.6 Å². The van der Waals surface area contributed by atoms with Crippen LogP contribution >= 0.6 is 0 Å². The van der Waals surface area contributed by atoms with Crippen molar-refractivity contribution in [3.05, 3.63) is 73.1 Å². The van der Waals surface area contributed by atoms with Crippen LogP contribution in [0.3, 0.4) is 0 Å². The van der Waals surface area contributed by atoms with Gasteiger partial charge in [0.25, 0.3) is 0 Å². The van der Waals surface area contributed by atoms with E-state index in [9.17, 15) is 28.4 Å². The molecule has 4 amide bonds. The fraction of sp³-hybridized carbons (Fsp3) is 0.625. The monoisotopic (exact) mass is 981 g/mol. The van der Waals surface area contributed by atoms with E-state index in [2.05, 4.69) is 56.1 Å². The largest absolute Gasteiger partial charge is 0.399 e. The molecule has 0 aliphatic carbocycles. The number of hydrogen-bond acceptors (Lipinski definition) is 15. The van der Waals surface area contributed by atoms with Gasteiger partial charge in [-0.15, -0.1) is 13.2 Å². The van der Waals surface area contributed by atoms with E-state index in [1.165, 1.54) is 19.1 Å². The number of alkyl halides is 1. The topological polar surface area (TPSA) is 302 Å². The molecule has 0 bridgehead atoms. The van der Waals surface area contributed by atoms with Gasteiger partial charge in [-0.3, -0.25) is 24.6 Å². The normalized spacial score (nSPS) is 12.7. The van der Waals surface area contributed by atoms with Crippen molar-refractivity contribution in [3.8, 4) is 0 Å². The first-order chi connectivity index (χ1) is 33.3. The van der Waals surface area contributed by atoms with Crippen LogP contribution in [0.5, 0.6) is 0 Å². The number of benzene rings is 1. The fourth-order valence-corrected chi connectivity index (χ4v) is 5.60. The molecular weight excluding hydrogens is 892 g/mol. The number of halogens is 1. The minimum atomic E-state index is -0.957. The summed E-state index contributed by atoms with van der Waals surface area (Å²) in [6, 6.07) is 7.26. The van der Waals surface area contributed by atoms with Gasteiger partial charge >= 0.3 is 0 Å². The molecule has 69 heavy (non-hydrogen) atoms. The molecule has 1 aromatic rings.